The zero-order valence-corrected chi connectivity index (χ0v) is 12.5. The second kappa shape index (κ2) is 4.96. The Kier molecular flexibility index (Phi) is 3.25. The molecule has 0 unspecified atom stereocenters. The van der Waals surface area contributed by atoms with E-state index in [4.69, 9.17) is 0 Å². The monoisotopic (exact) mass is 302 g/mol. The van der Waals surface area contributed by atoms with Crippen molar-refractivity contribution in [2.45, 2.75) is 26.3 Å². The molecule has 0 radical (unpaired) electrons. The average molecular weight is 302 g/mol. The van der Waals surface area contributed by atoms with Crippen LogP contribution in [-0.4, -0.2) is 16.9 Å². The Balaban J connectivity index is 1.99. The molecule has 2 heterocycles. The Labute approximate surface area is 126 Å². The first-order valence-corrected chi connectivity index (χ1v) is 7.47. The first-order chi connectivity index (χ1) is 9.99. The Morgan fingerprint density at radius 3 is 2.81 bits per heavy atom. The summed E-state index contributed by atoms with van der Waals surface area (Å²) in [5.74, 6) is -0.159. The van der Waals surface area contributed by atoms with Crippen molar-refractivity contribution >= 4 is 28.6 Å². The highest BCUT2D eigenvalue weighted by atomic mass is 32.1. The molecule has 1 aromatic carbocycles. The van der Waals surface area contributed by atoms with Gasteiger partial charge in [-0.25, -0.2) is 0 Å². The zero-order chi connectivity index (χ0) is 15.1. The van der Waals surface area contributed by atoms with Crippen molar-refractivity contribution < 1.29 is 9.72 Å². The summed E-state index contributed by atoms with van der Waals surface area (Å²) < 4.78 is 0. The van der Waals surface area contributed by atoms with Crippen LogP contribution in [0.2, 0.25) is 0 Å². The van der Waals surface area contributed by atoms with Crippen molar-refractivity contribution in [3.8, 4) is 0 Å². The number of amides is 1. The normalized spacial score (nSPS) is 16.9. The van der Waals surface area contributed by atoms with E-state index in [0.717, 1.165) is 17.7 Å². The topological polar surface area (TPSA) is 63.5 Å². The van der Waals surface area contributed by atoms with E-state index in [9.17, 15) is 14.9 Å². The van der Waals surface area contributed by atoms with Crippen molar-refractivity contribution in [2.75, 3.05) is 4.90 Å². The number of hydrogen-bond acceptors (Lipinski definition) is 4. The highest BCUT2D eigenvalue weighted by Crippen LogP contribution is 2.36. The third kappa shape index (κ3) is 2.21. The van der Waals surface area contributed by atoms with Gasteiger partial charge >= 0.3 is 0 Å². The molecule has 108 valence electrons. The molecule has 1 aromatic heterocycles. The molecule has 21 heavy (non-hydrogen) atoms. The van der Waals surface area contributed by atoms with Gasteiger partial charge in [0.2, 0.25) is 0 Å². The predicted octanol–water partition coefficient (Wildman–Crippen LogP) is 3.56. The van der Waals surface area contributed by atoms with Crippen LogP contribution >= 0.6 is 11.3 Å². The molecule has 1 aliphatic heterocycles. The van der Waals surface area contributed by atoms with Crippen LogP contribution in [-0.2, 0) is 6.42 Å². The summed E-state index contributed by atoms with van der Waals surface area (Å²) in [5.41, 5.74) is 2.06. The fourth-order valence-electron chi connectivity index (χ4n) is 2.75. The Morgan fingerprint density at radius 1 is 1.43 bits per heavy atom. The highest BCUT2D eigenvalue weighted by molar-refractivity contribution is 7.14. The molecule has 2 aromatic rings. The van der Waals surface area contributed by atoms with Crippen LogP contribution in [0.1, 0.15) is 27.0 Å². The summed E-state index contributed by atoms with van der Waals surface area (Å²) in [6.07, 6.45) is 0.814. The fourth-order valence-corrected chi connectivity index (χ4v) is 3.68. The van der Waals surface area contributed by atoms with Gasteiger partial charge in [-0.3, -0.25) is 14.9 Å². The number of nitro groups is 1. The Morgan fingerprint density at radius 2 is 2.14 bits per heavy atom. The highest BCUT2D eigenvalue weighted by Gasteiger charge is 2.33. The molecular formula is C15H14N2O3S. The molecule has 0 N–H and O–H groups in total. The zero-order valence-electron chi connectivity index (χ0n) is 11.7. The molecular weight excluding hydrogens is 288 g/mol. The van der Waals surface area contributed by atoms with Crippen LogP contribution in [0.3, 0.4) is 0 Å². The van der Waals surface area contributed by atoms with E-state index in [1.54, 1.807) is 11.8 Å². The molecule has 0 aliphatic carbocycles. The number of nitrogens with zero attached hydrogens (tertiary/aromatic N) is 2. The van der Waals surface area contributed by atoms with E-state index < -0.39 is 4.92 Å². The summed E-state index contributed by atoms with van der Waals surface area (Å²) in [6, 6.07) is 9.25. The van der Waals surface area contributed by atoms with Gasteiger partial charge in [-0.05, 0) is 31.9 Å². The maximum atomic E-state index is 12.7. The number of benzene rings is 1. The molecule has 0 saturated heterocycles. The lowest BCUT2D eigenvalue weighted by atomic mass is 10.1. The summed E-state index contributed by atoms with van der Waals surface area (Å²) in [4.78, 5) is 25.9. The minimum absolute atomic E-state index is 0.0171. The third-order valence-electron chi connectivity index (χ3n) is 3.73. The summed E-state index contributed by atoms with van der Waals surface area (Å²) >= 11 is 1.18. The molecule has 1 amide bonds. The minimum atomic E-state index is -0.441. The lowest BCUT2D eigenvalue weighted by molar-refractivity contribution is -0.385. The van der Waals surface area contributed by atoms with Gasteiger partial charge in [0.25, 0.3) is 11.6 Å². The first-order valence-electron chi connectivity index (χ1n) is 6.65. The quantitative estimate of drug-likeness (QED) is 0.629. The first kappa shape index (κ1) is 13.8. The molecule has 5 nitrogen and oxygen atoms in total. The smallest absolute Gasteiger partial charge is 0.283 e. The summed E-state index contributed by atoms with van der Waals surface area (Å²) in [6.45, 7) is 3.66. The molecule has 0 bridgehead atoms. The number of aryl methyl sites for hydroxylation is 1. The lowest BCUT2D eigenvalue weighted by Gasteiger charge is -2.21. The van der Waals surface area contributed by atoms with Crippen molar-refractivity contribution in [1.82, 2.24) is 0 Å². The SMILES string of the molecule is Cc1sc(C(=O)N2c3ccccc3C[C@@H]2C)cc1[N+](=O)[O-]. The second-order valence-electron chi connectivity index (χ2n) is 5.17. The van der Waals surface area contributed by atoms with Gasteiger partial charge < -0.3 is 4.90 Å². The van der Waals surface area contributed by atoms with E-state index >= 15 is 0 Å². The number of hydrogen-bond donors (Lipinski definition) is 0. The van der Waals surface area contributed by atoms with Crippen molar-refractivity contribution in [3.05, 3.63) is 55.8 Å². The van der Waals surface area contributed by atoms with Crippen molar-refractivity contribution in [3.63, 3.8) is 0 Å². The van der Waals surface area contributed by atoms with Gasteiger partial charge in [0, 0.05) is 17.8 Å². The largest absolute Gasteiger partial charge is 0.304 e. The van der Waals surface area contributed by atoms with Crippen LogP contribution in [0.5, 0.6) is 0 Å². The van der Waals surface area contributed by atoms with Gasteiger partial charge in [-0.2, -0.15) is 0 Å². The lowest BCUT2D eigenvalue weighted by Crippen LogP contribution is -2.35. The van der Waals surface area contributed by atoms with Crippen LogP contribution in [0.25, 0.3) is 0 Å². The molecule has 1 aliphatic rings. The van der Waals surface area contributed by atoms with Gasteiger partial charge in [0.15, 0.2) is 0 Å². The molecule has 0 fully saturated rings. The van der Waals surface area contributed by atoms with Gasteiger partial charge in [-0.15, -0.1) is 11.3 Å². The number of thiophene rings is 1. The van der Waals surface area contributed by atoms with E-state index in [1.807, 2.05) is 31.2 Å². The van der Waals surface area contributed by atoms with Gasteiger partial charge in [0.1, 0.15) is 0 Å². The third-order valence-corrected chi connectivity index (χ3v) is 4.75. The molecule has 0 spiro atoms. The molecule has 3 rings (SSSR count). The van der Waals surface area contributed by atoms with Gasteiger partial charge in [-0.1, -0.05) is 18.2 Å². The molecule has 1 atom stereocenters. The van der Waals surface area contributed by atoms with E-state index in [0.29, 0.717) is 9.75 Å². The average Bonchev–Trinajstić information content (AvgIpc) is 2.97. The van der Waals surface area contributed by atoms with Crippen LogP contribution in [0.4, 0.5) is 11.4 Å². The predicted molar refractivity (Wildman–Crippen MR) is 82.1 cm³/mol. The molecule has 0 saturated carbocycles. The van der Waals surface area contributed by atoms with Gasteiger partial charge in [0.05, 0.1) is 14.7 Å². The van der Waals surface area contributed by atoms with Crippen molar-refractivity contribution in [2.24, 2.45) is 0 Å². The second-order valence-corrected chi connectivity index (χ2v) is 6.42. The summed E-state index contributed by atoms with van der Waals surface area (Å²) in [7, 11) is 0. The number of fused-ring (bicyclic) bond motifs is 1. The van der Waals surface area contributed by atoms with Crippen LogP contribution in [0.15, 0.2) is 30.3 Å². The van der Waals surface area contributed by atoms with E-state index in [2.05, 4.69) is 0 Å². The number of anilines is 1. The number of carbonyl (C=O) groups is 1. The number of carbonyl (C=O) groups excluding carboxylic acids is 1. The van der Waals surface area contributed by atoms with Crippen molar-refractivity contribution in [1.29, 1.82) is 0 Å². The standard InChI is InChI=1S/C15H14N2O3S/c1-9-7-11-5-3-4-6-12(11)16(9)15(18)14-8-13(17(19)20)10(2)21-14/h3-6,8-9H,7H2,1-2H3/t9-/m0/s1. The maximum absolute atomic E-state index is 12.7. The number of para-hydroxylation sites is 1. The minimum Gasteiger partial charge on any atom is -0.304 e. The summed E-state index contributed by atoms with van der Waals surface area (Å²) in [5, 5.41) is 10.9. The van der Waals surface area contributed by atoms with Crippen LogP contribution < -0.4 is 4.90 Å². The van der Waals surface area contributed by atoms with Crippen LogP contribution in [0, 0.1) is 17.0 Å². The fraction of sp³-hybridized carbons (Fsp3) is 0.267. The maximum Gasteiger partial charge on any atom is 0.283 e. The van der Waals surface area contributed by atoms with E-state index in [-0.39, 0.29) is 17.6 Å². The Hall–Kier alpha value is -2.21. The number of rotatable bonds is 2. The molecule has 6 heteroatoms. The van der Waals surface area contributed by atoms with E-state index in [1.165, 1.54) is 17.4 Å². The Bertz CT molecular complexity index is 738.